The van der Waals surface area contributed by atoms with E-state index >= 15 is 0 Å². The van der Waals surface area contributed by atoms with Crippen LogP contribution in [-0.4, -0.2) is 43.5 Å². The third-order valence-electron chi connectivity index (χ3n) is 4.43. The third kappa shape index (κ3) is 3.36. The van der Waals surface area contributed by atoms with Gasteiger partial charge in [0.05, 0.1) is 18.3 Å². The molecule has 3 rings (SSSR count). The minimum atomic E-state index is -0.253. The van der Waals surface area contributed by atoms with Crippen LogP contribution in [-0.2, 0) is 6.54 Å². The molecule has 2 atom stereocenters. The van der Waals surface area contributed by atoms with Crippen molar-refractivity contribution in [2.45, 2.75) is 51.3 Å². The number of benzene rings is 1. The van der Waals surface area contributed by atoms with Gasteiger partial charge in [-0.2, -0.15) is 0 Å². The second-order valence-electron chi connectivity index (χ2n) is 5.95. The summed E-state index contributed by atoms with van der Waals surface area (Å²) < 4.78 is 1.81. The van der Waals surface area contributed by atoms with Crippen LogP contribution < -0.4 is 0 Å². The van der Waals surface area contributed by atoms with Crippen molar-refractivity contribution in [3.05, 3.63) is 42.5 Å². The highest BCUT2D eigenvalue weighted by molar-refractivity contribution is 5.29. The molecule has 2 aromatic rings. The lowest BCUT2D eigenvalue weighted by Crippen LogP contribution is -2.46. The molecule has 2 heterocycles. The van der Waals surface area contributed by atoms with Crippen LogP contribution >= 0.6 is 0 Å². The van der Waals surface area contributed by atoms with Crippen molar-refractivity contribution in [2.24, 2.45) is 0 Å². The molecule has 1 saturated heterocycles. The lowest BCUT2D eigenvalue weighted by molar-refractivity contribution is 0.0182. The van der Waals surface area contributed by atoms with Gasteiger partial charge in [-0.15, -0.1) is 5.10 Å². The van der Waals surface area contributed by atoms with Gasteiger partial charge in [-0.3, -0.25) is 4.90 Å². The van der Waals surface area contributed by atoms with Crippen LogP contribution in [0.4, 0.5) is 0 Å². The van der Waals surface area contributed by atoms with E-state index in [1.807, 2.05) is 41.9 Å². The van der Waals surface area contributed by atoms with Crippen LogP contribution in [0.5, 0.6) is 0 Å². The maximum atomic E-state index is 10.2. The summed E-state index contributed by atoms with van der Waals surface area (Å²) in [6.45, 7) is 3.77. The van der Waals surface area contributed by atoms with Crippen LogP contribution in [0.3, 0.4) is 0 Å². The second-order valence-corrected chi connectivity index (χ2v) is 5.95. The number of hydrogen-bond acceptors (Lipinski definition) is 4. The molecule has 0 amide bonds. The summed E-state index contributed by atoms with van der Waals surface area (Å²) in [4.78, 5) is 6.77. The van der Waals surface area contributed by atoms with E-state index in [-0.39, 0.29) is 12.1 Å². The Bertz CT molecular complexity index is 583. The summed E-state index contributed by atoms with van der Waals surface area (Å²) in [5.41, 5.74) is 1.02. The lowest BCUT2D eigenvalue weighted by Gasteiger charge is -2.37. The Kier molecular flexibility index (Phi) is 4.85. The van der Waals surface area contributed by atoms with Crippen LogP contribution in [0.25, 0.3) is 5.69 Å². The molecule has 5 heteroatoms. The van der Waals surface area contributed by atoms with Gasteiger partial charge in [0, 0.05) is 6.04 Å². The fraction of sp³-hybridized carbons (Fsp3) is 0.529. The summed E-state index contributed by atoms with van der Waals surface area (Å²) in [5, 5.41) is 14.8. The molecule has 1 aliphatic rings. The number of aliphatic hydroxyl groups is 1. The van der Waals surface area contributed by atoms with Gasteiger partial charge >= 0.3 is 0 Å². The maximum absolute atomic E-state index is 10.2. The monoisotopic (exact) mass is 300 g/mol. The molecular formula is C17H24N4O. The van der Waals surface area contributed by atoms with E-state index in [2.05, 4.69) is 15.0 Å². The van der Waals surface area contributed by atoms with Crippen LogP contribution in [0.15, 0.2) is 36.7 Å². The molecule has 0 aliphatic carbocycles. The van der Waals surface area contributed by atoms with Gasteiger partial charge in [0.15, 0.2) is 5.82 Å². The predicted molar refractivity (Wildman–Crippen MR) is 85.7 cm³/mol. The zero-order chi connectivity index (χ0) is 15.4. The predicted octanol–water partition coefficient (Wildman–Crippen LogP) is 2.39. The van der Waals surface area contributed by atoms with E-state index in [0.717, 1.165) is 30.9 Å². The van der Waals surface area contributed by atoms with E-state index < -0.39 is 0 Å². The molecule has 0 bridgehead atoms. The van der Waals surface area contributed by atoms with Crippen molar-refractivity contribution in [1.82, 2.24) is 19.7 Å². The minimum Gasteiger partial charge on any atom is -0.392 e. The Morgan fingerprint density at radius 2 is 2.09 bits per heavy atom. The number of para-hydroxylation sites is 1. The number of hydrogen-bond donors (Lipinski definition) is 1. The van der Waals surface area contributed by atoms with Crippen molar-refractivity contribution in [3.63, 3.8) is 0 Å². The lowest BCUT2D eigenvalue weighted by atomic mass is 9.96. The Balaban J connectivity index is 1.71. The summed E-state index contributed by atoms with van der Waals surface area (Å²) in [7, 11) is 0. The normalized spacial score (nSPS) is 20.9. The molecule has 0 radical (unpaired) electrons. The Morgan fingerprint density at radius 3 is 2.86 bits per heavy atom. The fourth-order valence-electron chi connectivity index (χ4n) is 3.18. The second kappa shape index (κ2) is 7.03. The topological polar surface area (TPSA) is 54.2 Å². The summed E-state index contributed by atoms with van der Waals surface area (Å²) in [6.07, 6.45) is 5.76. The van der Waals surface area contributed by atoms with E-state index in [1.165, 1.54) is 12.8 Å². The molecule has 1 fully saturated rings. The van der Waals surface area contributed by atoms with Crippen LogP contribution in [0.2, 0.25) is 0 Å². The number of aromatic nitrogens is 3. The maximum Gasteiger partial charge on any atom is 0.165 e. The van der Waals surface area contributed by atoms with Gasteiger partial charge in [0.2, 0.25) is 0 Å². The zero-order valence-corrected chi connectivity index (χ0v) is 13.1. The van der Waals surface area contributed by atoms with E-state index in [9.17, 15) is 5.11 Å². The molecule has 5 nitrogen and oxygen atoms in total. The third-order valence-corrected chi connectivity index (χ3v) is 4.43. The quantitative estimate of drug-likeness (QED) is 0.921. The van der Waals surface area contributed by atoms with Gasteiger partial charge in [-0.25, -0.2) is 9.67 Å². The average molecular weight is 300 g/mol. The number of piperidine rings is 1. The first-order chi connectivity index (χ1) is 10.8. The fourth-order valence-corrected chi connectivity index (χ4v) is 3.18. The first-order valence-electron chi connectivity index (χ1n) is 8.16. The van der Waals surface area contributed by atoms with Gasteiger partial charge in [0.1, 0.15) is 6.33 Å². The average Bonchev–Trinajstić information content (AvgIpc) is 3.04. The Hall–Kier alpha value is -1.72. The van der Waals surface area contributed by atoms with Gasteiger partial charge in [0.25, 0.3) is 0 Å². The standard InChI is InChI=1S/C17H24N4O/c1-2-16(22)15-10-6-7-11-20(15)12-17-18-13-21(19-17)14-8-4-3-5-9-14/h3-5,8-9,13,15-16,22H,2,6-7,10-12H2,1H3. The largest absolute Gasteiger partial charge is 0.392 e. The number of rotatable bonds is 5. The summed E-state index contributed by atoms with van der Waals surface area (Å²) >= 11 is 0. The molecule has 22 heavy (non-hydrogen) atoms. The summed E-state index contributed by atoms with van der Waals surface area (Å²) in [5.74, 6) is 0.819. The minimum absolute atomic E-state index is 0.238. The van der Waals surface area contributed by atoms with Gasteiger partial charge in [-0.1, -0.05) is 31.5 Å². The smallest absolute Gasteiger partial charge is 0.165 e. The van der Waals surface area contributed by atoms with Crippen molar-refractivity contribution in [1.29, 1.82) is 0 Å². The van der Waals surface area contributed by atoms with Gasteiger partial charge in [-0.05, 0) is 37.9 Å². The zero-order valence-electron chi connectivity index (χ0n) is 13.1. The van der Waals surface area contributed by atoms with Crippen molar-refractivity contribution >= 4 is 0 Å². The number of aliphatic hydroxyl groups excluding tert-OH is 1. The van der Waals surface area contributed by atoms with Crippen molar-refractivity contribution in [3.8, 4) is 5.69 Å². The molecule has 1 aromatic heterocycles. The molecular weight excluding hydrogens is 276 g/mol. The molecule has 118 valence electrons. The molecule has 1 N–H and O–H groups in total. The molecule has 0 saturated carbocycles. The van der Waals surface area contributed by atoms with Crippen molar-refractivity contribution in [2.75, 3.05) is 6.54 Å². The highest BCUT2D eigenvalue weighted by Gasteiger charge is 2.28. The number of nitrogens with zero attached hydrogens (tertiary/aromatic N) is 4. The molecule has 1 aliphatic heterocycles. The first kappa shape index (κ1) is 15.2. The highest BCUT2D eigenvalue weighted by atomic mass is 16.3. The Morgan fingerprint density at radius 1 is 1.27 bits per heavy atom. The highest BCUT2D eigenvalue weighted by Crippen LogP contribution is 2.22. The molecule has 0 spiro atoms. The molecule has 1 aromatic carbocycles. The van der Waals surface area contributed by atoms with E-state index in [4.69, 9.17) is 0 Å². The van der Waals surface area contributed by atoms with E-state index in [1.54, 1.807) is 6.33 Å². The summed E-state index contributed by atoms with van der Waals surface area (Å²) in [6, 6.07) is 10.3. The van der Waals surface area contributed by atoms with Crippen LogP contribution in [0, 0.1) is 0 Å². The molecule has 2 unspecified atom stereocenters. The van der Waals surface area contributed by atoms with Crippen molar-refractivity contribution < 1.29 is 5.11 Å². The first-order valence-corrected chi connectivity index (χ1v) is 8.16. The van der Waals surface area contributed by atoms with Crippen LogP contribution in [0.1, 0.15) is 38.4 Å². The SMILES string of the molecule is CCC(O)C1CCCCN1Cc1ncn(-c2ccccc2)n1. The van der Waals surface area contributed by atoms with E-state index in [0.29, 0.717) is 6.54 Å². The Labute approximate surface area is 131 Å². The number of likely N-dealkylation sites (tertiary alicyclic amines) is 1. The van der Waals surface area contributed by atoms with Gasteiger partial charge < -0.3 is 5.11 Å².